The van der Waals surface area contributed by atoms with E-state index >= 15 is 0 Å². The Bertz CT molecular complexity index is 1630. The Morgan fingerprint density at radius 1 is 0.696 bits per heavy atom. The number of phenolic OH excluding ortho intramolecular Hbond substituents is 2. The number of carbonyl (C=O) groups excluding carboxylic acids is 6. The fourth-order valence-corrected chi connectivity index (χ4v) is 7.44. The van der Waals surface area contributed by atoms with Crippen LogP contribution in [0.3, 0.4) is 0 Å². The van der Waals surface area contributed by atoms with Gasteiger partial charge in [0.2, 0.25) is 11.2 Å². The van der Waals surface area contributed by atoms with Crippen molar-refractivity contribution in [2.75, 3.05) is 14.2 Å². The zero-order valence-corrected chi connectivity index (χ0v) is 25.1. The van der Waals surface area contributed by atoms with Crippen LogP contribution in [-0.4, -0.2) is 93.1 Å². The number of ketones is 4. The maximum Gasteiger partial charge on any atom is 0.354 e. The standard InChI is InChI=1S/C32H30O14/c1-11-9-15(33)21-25(37)19-17(45-31(21,27(11)39)29(41)43-3)7-5-13(23(19)35)14-6-8-18-20(24(14)36)26(38)22-16(34)10-12(2)28(40)32(22,46-18)30(42)44-4/h5-8,11-12,21-22,27-28,35-36,39-40H,9-10H2,1-4H3/t11-,12+,21+,22-,27-,28-,31-,32-/m1/s1. The normalized spacial score (nSPS) is 33.0. The van der Waals surface area contributed by atoms with Crippen molar-refractivity contribution < 1.29 is 68.1 Å². The van der Waals surface area contributed by atoms with Crippen LogP contribution in [0, 0.1) is 23.7 Å². The predicted molar refractivity (Wildman–Crippen MR) is 151 cm³/mol. The van der Waals surface area contributed by atoms with Crippen molar-refractivity contribution in [2.24, 2.45) is 23.7 Å². The number of methoxy groups -OCH3 is 2. The molecule has 2 aromatic rings. The van der Waals surface area contributed by atoms with Crippen molar-refractivity contribution in [1.29, 1.82) is 0 Å². The molecule has 4 aliphatic rings. The van der Waals surface area contributed by atoms with Gasteiger partial charge in [0.1, 0.15) is 69.7 Å². The molecular formula is C32H30O14. The molecule has 242 valence electrons. The first kappa shape index (κ1) is 31.2. The molecule has 2 aliphatic carbocycles. The Labute approximate surface area is 260 Å². The van der Waals surface area contributed by atoms with Gasteiger partial charge in [-0.25, -0.2) is 9.59 Å². The number of carbonyl (C=O) groups is 6. The lowest BCUT2D eigenvalue weighted by atomic mass is 9.64. The van der Waals surface area contributed by atoms with Gasteiger partial charge in [-0.15, -0.1) is 0 Å². The van der Waals surface area contributed by atoms with Gasteiger partial charge in [0.15, 0.2) is 11.6 Å². The van der Waals surface area contributed by atoms with Gasteiger partial charge >= 0.3 is 11.9 Å². The van der Waals surface area contributed by atoms with Crippen molar-refractivity contribution >= 4 is 35.1 Å². The molecule has 2 saturated carbocycles. The molecule has 0 bridgehead atoms. The van der Waals surface area contributed by atoms with E-state index in [4.69, 9.17) is 18.9 Å². The highest BCUT2D eigenvalue weighted by atomic mass is 16.6. The van der Waals surface area contributed by atoms with Crippen LogP contribution in [0.25, 0.3) is 11.1 Å². The molecule has 2 fully saturated rings. The van der Waals surface area contributed by atoms with Crippen LogP contribution in [0.4, 0.5) is 0 Å². The number of hydrogen-bond donors (Lipinski definition) is 4. The lowest BCUT2D eigenvalue weighted by molar-refractivity contribution is -0.190. The number of rotatable bonds is 3. The zero-order chi connectivity index (χ0) is 33.6. The Balaban J connectivity index is 1.50. The summed E-state index contributed by atoms with van der Waals surface area (Å²) in [5, 5.41) is 44.8. The molecular weight excluding hydrogens is 608 g/mol. The van der Waals surface area contributed by atoms with Gasteiger partial charge < -0.3 is 39.4 Å². The van der Waals surface area contributed by atoms with Gasteiger partial charge in [0.05, 0.1) is 14.2 Å². The molecule has 2 aliphatic heterocycles. The van der Waals surface area contributed by atoms with E-state index in [0.29, 0.717) is 0 Å². The first-order valence-corrected chi connectivity index (χ1v) is 14.5. The molecule has 0 aromatic heterocycles. The third kappa shape index (κ3) is 3.76. The molecule has 46 heavy (non-hydrogen) atoms. The summed E-state index contributed by atoms with van der Waals surface area (Å²) in [6.07, 6.45) is -3.75. The van der Waals surface area contributed by atoms with Crippen LogP contribution < -0.4 is 9.47 Å². The average Bonchev–Trinajstić information content (AvgIpc) is 3.01. The Morgan fingerprint density at radius 3 is 1.37 bits per heavy atom. The monoisotopic (exact) mass is 638 g/mol. The lowest BCUT2D eigenvalue weighted by Crippen LogP contribution is -2.70. The van der Waals surface area contributed by atoms with Gasteiger partial charge in [0.25, 0.3) is 0 Å². The number of fused-ring (bicyclic) bond motifs is 4. The quantitative estimate of drug-likeness (QED) is 0.271. The summed E-state index contributed by atoms with van der Waals surface area (Å²) >= 11 is 0. The molecule has 0 spiro atoms. The van der Waals surface area contributed by atoms with Crippen LogP contribution in [-0.2, 0) is 28.7 Å². The molecule has 6 rings (SSSR count). The number of ether oxygens (including phenoxy) is 4. The fourth-order valence-electron chi connectivity index (χ4n) is 7.44. The number of aromatic hydroxyl groups is 2. The van der Waals surface area contributed by atoms with Crippen LogP contribution in [0.5, 0.6) is 23.0 Å². The highest BCUT2D eigenvalue weighted by Gasteiger charge is 2.69. The van der Waals surface area contributed by atoms with E-state index in [-0.39, 0.29) is 35.5 Å². The lowest BCUT2D eigenvalue weighted by Gasteiger charge is -2.48. The average molecular weight is 639 g/mol. The van der Waals surface area contributed by atoms with E-state index in [1.54, 1.807) is 0 Å². The summed E-state index contributed by atoms with van der Waals surface area (Å²) in [7, 11) is 2.02. The second-order valence-electron chi connectivity index (χ2n) is 12.2. The smallest absolute Gasteiger partial charge is 0.354 e. The summed E-state index contributed by atoms with van der Waals surface area (Å²) in [6.45, 7) is 3.02. The second-order valence-corrected chi connectivity index (χ2v) is 12.2. The molecule has 14 heteroatoms. The highest BCUT2D eigenvalue weighted by molar-refractivity contribution is 6.21. The molecule has 0 radical (unpaired) electrons. The molecule has 2 heterocycles. The van der Waals surface area contributed by atoms with E-state index in [1.165, 1.54) is 38.1 Å². The Morgan fingerprint density at radius 2 is 1.04 bits per heavy atom. The minimum absolute atomic E-state index is 0.208. The van der Waals surface area contributed by atoms with Gasteiger partial charge in [-0.05, 0) is 36.1 Å². The topological polar surface area (TPSA) is 220 Å². The van der Waals surface area contributed by atoms with Crippen molar-refractivity contribution in [2.45, 2.75) is 50.1 Å². The summed E-state index contributed by atoms with van der Waals surface area (Å²) < 4.78 is 21.4. The minimum Gasteiger partial charge on any atom is -0.506 e. The van der Waals surface area contributed by atoms with Crippen LogP contribution in [0.1, 0.15) is 47.4 Å². The van der Waals surface area contributed by atoms with Crippen molar-refractivity contribution in [3.63, 3.8) is 0 Å². The minimum atomic E-state index is -2.40. The Hall–Kier alpha value is -4.82. The summed E-state index contributed by atoms with van der Waals surface area (Å²) in [4.78, 5) is 80.0. The van der Waals surface area contributed by atoms with Gasteiger partial charge in [-0.1, -0.05) is 13.8 Å². The van der Waals surface area contributed by atoms with Gasteiger partial charge in [-0.2, -0.15) is 0 Å². The molecule has 0 amide bonds. The largest absolute Gasteiger partial charge is 0.506 e. The van der Waals surface area contributed by atoms with E-state index in [0.717, 1.165) is 14.2 Å². The van der Waals surface area contributed by atoms with Crippen LogP contribution in [0.15, 0.2) is 24.3 Å². The zero-order valence-electron chi connectivity index (χ0n) is 25.1. The van der Waals surface area contributed by atoms with Crippen molar-refractivity contribution in [3.8, 4) is 34.1 Å². The first-order valence-electron chi connectivity index (χ1n) is 14.5. The number of aliphatic hydroxyl groups is 2. The van der Waals surface area contributed by atoms with Crippen LogP contribution in [0.2, 0.25) is 0 Å². The number of hydrogen-bond acceptors (Lipinski definition) is 14. The molecule has 4 N–H and O–H groups in total. The first-order chi connectivity index (χ1) is 21.7. The number of phenols is 2. The number of benzene rings is 2. The van der Waals surface area contributed by atoms with E-state index in [2.05, 4.69) is 0 Å². The van der Waals surface area contributed by atoms with Crippen molar-refractivity contribution in [1.82, 2.24) is 0 Å². The summed E-state index contributed by atoms with van der Waals surface area (Å²) in [5.41, 5.74) is -6.25. The Kier molecular flexibility index (Phi) is 7.02. The second kappa shape index (κ2) is 10.4. The molecule has 0 unspecified atom stereocenters. The molecule has 0 saturated heterocycles. The summed E-state index contributed by atoms with van der Waals surface area (Å²) in [5.74, 6) is -13.3. The summed E-state index contributed by atoms with van der Waals surface area (Å²) in [6, 6.07) is 4.78. The van der Waals surface area contributed by atoms with E-state index in [9.17, 15) is 49.2 Å². The molecule has 2 aromatic carbocycles. The number of Topliss-reactive ketones (excluding diaryl/α,β-unsaturated/α-hetero) is 4. The maximum atomic E-state index is 13.9. The van der Waals surface area contributed by atoms with Gasteiger partial charge in [-0.3, -0.25) is 19.2 Å². The fraction of sp³-hybridized carbons (Fsp3) is 0.438. The van der Waals surface area contributed by atoms with E-state index in [1.807, 2.05) is 0 Å². The maximum absolute atomic E-state index is 13.9. The predicted octanol–water partition coefficient (Wildman–Crippen LogP) is 0.911. The SMILES string of the molecule is COC(=O)[C@@]12Oc3ccc(-c4ccc5c(c4O)C(=O)[C@H]4C(=O)C[C@H](C)[C@@H](O)[C@]4(C(=O)OC)O5)c(O)c3C(=O)[C@@H]1C(=O)C[C@@H](C)[C@H]2O. The molecule has 14 nitrogen and oxygen atoms in total. The molecule has 8 atom stereocenters. The van der Waals surface area contributed by atoms with E-state index < -0.39 is 105 Å². The third-order valence-electron chi connectivity index (χ3n) is 9.66. The van der Waals surface area contributed by atoms with Crippen LogP contribution >= 0.6 is 0 Å². The van der Waals surface area contributed by atoms with Gasteiger partial charge in [0, 0.05) is 24.0 Å². The number of aliphatic hydroxyl groups excluding tert-OH is 2. The third-order valence-corrected chi connectivity index (χ3v) is 9.66. The van der Waals surface area contributed by atoms with Crippen molar-refractivity contribution in [3.05, 3.63) is 35.4 Å². The highest BCUT2D eigenvalue weighted by Crippen LogP contribution is 2.54. The number of esters is 2.